The van der Waals surface area contributed by atoms with E-state index in [1.54, 1.807) is 0 Å². The van der Waals surface area contributed by atoms with Crippen LogP contribution in [0.3, 0.4) is 0 Å². The highest BCUT2D eigenvalue weighted by atomic mass is 79.9. The van der Waals surface area contributed by atoms with E-state index in [4.69, 9.17) is 4.74 Å². The summed E-state index contributed by atoms with van der Waals surface area (Å²) < 4.78 is 6.36. The molecule has 1 saturated heterocycles. The van der Waals surface area contributed by atoms with Crippen LogP contribution in [0.15, 0.2) is 16.7 Å². The summed E-state index contributed by atoms with van der Waals surface area (Å²) in [5.41, 5.74) is -0.464. The zero-order chi connectivity index (χ0) is 17.3. The van der Waals surface area contributed by atoms with Crippen LogP contribution in [0, 0.1) is 5.92 Å². The Bertz CT molecular complexity index is 583. The highest BCUT2D eigenvalue weighted by Crippen LogP contribution is 2.32. The second-order valence-electron chi connectivity index (χ2n) is 7.68. The second kappa shape index (κ2) is 6.86. The molecule has 1 aliphatic carbocycles. The Balaban J connectivity index is 1.67. The van der Waals surface area contributed by atoms with Crippen molar-refractivity contribution in [2.75, 3.05) is 24.5 Å². The zero-order valence-electron chi connectivity index (χ0n) is 14.5. The van der Waals surface area contributed by atoms with Gasteiger partial charge in [0.2, 0.25) is 0 Å². The maximum absolute atomic E-state index is 12.6. The van der Waals surface area contributed by atoms with Crippen molar-refractivity contribution in [3.8, 4) is 0 Å². The minimum absolute atomic E-state index is 0.172. The van der Waals surface area contributed by atoms with Crippen LogP contribution in [-0.4, -0.2) is 52.5 Å². The Labute approximate surface area is 151 Å². The molecule has 1 aliphatic heterocycles. The molecule has 132 valence electrons. The van der Waals surface area contributed by atoms with Crippen LogP contribution in [0.5, 0.6) is 0 Å². The van der Waals surface area contributed by atoms with E-state index < -0.39 is 5.60 Å². The smallest absolute Gasteiger partial charge is 0.410 e. The number of hydrogen-bond donors (Lipinski definition) is 0. The lowest BCUT2D eigenvalue weighted by Gasteiger charge is -2.31. The molecule has 0 radical (unpaired) electrons. The van der Waals surface area contributed by atoms with E-state index in [-0.39, 0.29) is 12.1 Å². The molecule has 3 rings (SSSR count). The summed E-state index contributed by atoms with van der Waals surface area (Å²) in [7, 11) is 0. The van der Waals surface area contributed by atoms with Crippen molar-refractivity contribution >= 4 is 27.8 Å². The Morgan fingerprint density at radius 3 is 2.67 bits per heavy atom. The number of aromatic nitrogens is 2. The molecule has 6 nitrogen and oxygen atoms in total. The van der Waals surface area contributed by atoms with E-state index in [9.17, 15) is 4.79 Å². The number of rotatable bonds is 4. The summed E-state index contributed by atoms with van der Waals surface area (Å²) in [5, 5.41) is 8.28. The zero-order valence-corrected chi connectivity index (χ0v) is 16.1. The van der Waals surface area contributed by atoms with E-state index in [1.165, 1.54) is 12.8 Å². The van der Waals surface area contributed by atoms with Gasteiger partial charge in [0, 0.05) is 19.6 Å². The van der Waals surface area contributed by atoms with Crippen LogP contribution < -0.4 is 4.90 Å². The fourth-order valence-electron chi connectivity index (χ4n) is 2.95. The first kappa shape index (κ1) is 17.5. The third kappa shape index (κ3) is 4.59. The fraction of sp³-hybridized carbons (Fsp3) is 0.706. The molecule has 0 N–H and O–H groups in total. The largest absolute Gasteiger partial charge is 0.444 e. The number of nitrogens with zero attached hydrogens (tertiary/aromatic N) is 4. The molecule has 1 atom stereocenters. The Hall–Kier alpha value is -1.37. The van der Waals surface area contributed by atoms with Gasteiger partial charge in [0.25, 0.3) is 0 Å². The van der Waals surface area contributed by atoms with Crippen LogP contribution >= 0.6 is 15.9 Å². The first-order valence-electron chi connectivity index (χ1n) is 8.55. The van der Waals surface area contributed by atoms with Gasteiger partial charge >= 0.3 is 6.09 Å². The lowest BCUT2D eigenvalue weighted by atomic mass is 10.2. The van der Waals surface area contributed by atoms with Gasteiger partial charge in [-0.25, -0.2) is 4.79 Å². The molecule has 2 aliphatic rings. The van der Waals surface area contributed by atoms with Crippen LogP contribution in [0.1, 0.15) is 40.0 Å². The molecule has 2 heterocycles. The summed E-state index contributed by atoms with van der Waals surface area (Å²) in [6, 6.07) is 4.02. The van der Waals surface area contributed by atoms with Crippen LogP contribution in [0.25, 0.3) is 0 Å². The molecule has 1 unspecified atom stereocenters. The fourth-order valence-corrected chi connectivity index (χ4v) is 3.17. The molecule has 0 spiro atoms. The molecule has 0 bridgehead atoms. The van der Waals surface area contributed by atoms with E-state index in [0.29, 0.717) is 5.92 Å². The normalized spacial score (nSPS) is 21.0. The van der Waals surface area contributed by atoms with Crippen molar-refractivity contribution in [1.29, 1.82) is 0 Å². The highest BCUT2D eigenvalue weighted by Gasteiger charge is 2.37. The van der Waals surface area contributed by atoms with Gasteiger partial charge in [-0.05, 0) is 74.0 Å². The standard InChI is InChI=1S/C17H25BrN4O2/c1-17(2,3)24-16(23)22(10-12-4-5-12)13-8-9-21(11-13)15-7-6-14(18)19-20-15/h6-7,12-13H,4-5,8-11H2,1-3H3. The average molecular weight is 397 g/mol. The third-order valence-corrected chi connectivity index (χ3v) is 4.75. The van der Waals surface area contributed by atoms with Crippen LogP contribution in [0.2, 0.25) is 0 Å². The monoisotopic (exact) mass is 396 g/mol. The SMILES string of the molecule is CC(C)(C)OC(=O)N(CC1CC1)C1CCN(c2ccc(Br)nn2)C1. The molecule has 2 fully saturated rings. The molecule has 0 aromatic carbocycles. The summed E-state index contributed by atoms with van der Waals surface area (Å²) >= 11 is 3.31. The Morgan fingerprint density at radius 2 is 2.08 bits per heavy atom. The van der Waals surface area contributed by atoms with Crippen molar-refractivity contribution in [3.63, 3.8) is 0 Å². The predicted molar refractivity (Wildman–Crippen MR) is 96.0 cm³/mol. The summed E-state index contributed by atoms with van der Waals surface area (Å²) in [6.07, 6.45) is 3.18. The molecule has 1 saturated carbocycles. The molecule has 1 aromatic heterocycles. The van der Waals surface area contributed by atoms with Crippen LogP contribution in [-0.2, 0) is 4.74 Å². The molecule has 1 amide bonds. The minimum atomic E-state index is -0.464. The van der Waals surface area contributed by atoms with E-state index >= 15 is 0 Å². The molecule has 7 heteroatoms. The topological polar surface area (TPSA) is 58.6 Å². The number of hydrogen-bond acceptors (Lipinski definition) is 5. The average Bonchev–Trinajstić information content (AvgIpc) is 3.19. The Kier molecular flexibility index (Phi) is 4.99. The van der Waals surface area contributed by atoms with Crippen molar-refractivity contribution < 1.29 is 9.53 Å². The van der Waals surface area contributed by atoms with Crippen molar-refractivity contribution in [1.82, 2.24) is 15.1 Å². The van der Waals surface area contributed by atoms with Gasteiger partial charge < -0.3 is 14.5 Å². The first-order valence-corrected chi connectivity index (χ1v) is 9.35. The van der Waals surface area contributed by atoms with Gasteiger partial charge in [0.1, 0.15) is 10.2 Å². The number of amides is 1. The number of carbonyl (C=O) groups excluding carboxylic acids is 1. The number of carbonyl (C=O) groups is 1. The van der Waals surface area contributed by atoms with E-state index in [0.717, 1.165) is 36.5 Å². The van der Waals surface area contributed by atoms with Gasteiger partial charge in [-0.3, -0.25) is 0 Å². The second-order valence-corrected chi connectivity index (χ2v) is 8.49. The quantitative estimate of drug-likeness (QED) is 0.779. The maximum Gasteiger partial charge on any atom is 0.410 e. The maximum atomic E-state index is 12.6. The van der Waals surface area contributed by atoms with Crippen molar-refractivity contribution in [2.24, 2.45) is 5.92 Å². The van der Waals surface area contributed by atoms with Gasteiger partial charge in [-0.15, -0.1) is 10.2 Å². The highest BCUT2D eigenvalue weighted by molar-refractivity contribution is 9.10. The Morgan fingerprint density at radius 1 is 1.33 bits per heavy atom. The number of ether oxygens (including phenoxy) is 1. The van der Waals surface area contributed by atoms with Crippen molar-refractivity contribution in [3.05, 3.63) is 16.7 Å². The predicted octanol–water partition coefficient (Wildman–Crippen LogP) is 3.46. The molecule has 1 aromatic rings. The van der Waals surface area contributed by atoms with Crippen LogP contribution in [0.4, 0.5) is 10.6 Å². The summed E-state index contributed by atoms with van der Waals surface area (Å²) in [4.78, 5) is 16.8. The van der Waals surface area contributed by atoms with E-state index in [1.807, 2.05) is 37.8 Å². The third-order valence-electron chi connectivity index (χ3n) is 4.33. The van der Waals surface area contributed by atoms with Gasteiger partial charge in [-0.2, -0.15) is 0 Å². The van der Waals surface area contributed by atoms with Gasteiger partial charge in [0.05, 0.1) is 6.04 Å². The van der Waals surface area contributed by atoms with Gasteiger partial charge in [-0.1, -0.05) is 0 Å². The lowest BCUT2D eigenvalue weighted by molar-refractivity contribution is 0.0167. The first-order chi connectivity index (χ1) is 11.3. The van der Waals surface area contributed by atoms with Gasteiger partial charge in [0.15, 0.2) is 5.82 Å². The molecular formula is C17H25BrN4O2. The summed E-state index contributed by atoms with van der Waals surface area (Å²) in [6.45, 7) is 8.21. The number of halogens is 1. The molecule has 24 heavy (non-hydrogen) atoms. The minimum Gasteiger partial charge on any atom is -0.444 e. The summed E-state index contributed by atoms with van der Waals surface area (Å²) in [5.74, 6) is 1.50. The molecular weight excluding hydrogens is 372 g/mol. The van der Waals surface area contributed by atoms with E-state index in [2.05, 4.69) is 31.0 Å². The number of anilines is 1. The lowest BCUT2D eigenvalue weighted by Crippen LogP contribution is -2.45. The van der Waals surface area contributed by atoms with Crippen molar-refractivity contribution in [2.45, 2.75) is 51.7 Å².